The van der Waals surface area contributed by atoms with E-state index in [0.717, 1.165) is 12.0 Å². The van der Waals surface area contributed by atoms with Crippen molar-refractivity contribution in [2.24, 2.45) is 9.98 Å². The van der Waals surface area contributed by atoms with E-state index in [9.17, 15) is 10.1 Å². The van der Waals surface area contributed by atoms with Crippen molar-refractivity contribution in [2.75, 3.05) is 0 Å². The van der Waals surface area contributed by atoms with E-state index in [-0.39, 0.29) is 10.6 Å². The zero-order valence-corrected chi connectivity index (χ0v) is 10.8. The van der Waals surface area contributed by atoms with Crippen molar-refractivity contribution in [1.82, 2.24) is 0 Å². The van der Waals surface area contributed by atoms with Crippen LogP contribution in [-0.4, -0.2) is 17.0 Å². The molecule has 96 valence electrons. The van der Waals surface area contributed by atoms with E-state index in [1.54, 1.807) is 38.4 Å². The third kappa shape index (κ3) is 2.84. The van der Waals surface area contributed by atoms with Crippen LogP contribution < -0.4 is 0 Å². The molecule has 5 heteroatoms. The standard InChI is InChI=1S/C14H13N3O2/c1-10-5-6-13(11(2)14(10)17(18)19)16-9-12-4-3-7-15-8-12/h3,5-8H,4H2,1-2H3. The molecule has 1 aromatic rings. The minimum absolute atomic E-state index is 0.116. The summed E-state index contributed by atoms with van der Waals surface area (Å²) in [7, 11) is 0. The molecule has 0 atom stereocenters. The van der Waals surface area contributed by atoms with Crippen LogP contribution in [-0.2, 0) is 0 Å². The number of benzene rings is 1. The number of aliphatic imine (C=N–C) groups is 2. The van der Waals surface area contributed by atoms with Crippen molar-refractivity contribution in [3.05, 3.63) is 51.2 Å². The highest BCUT2D eigenvalue weighted by Gasteiger charge is 2.16. The maximum atomic E-state index is 11.0. The Morgan fingerprint density at radius 1 is 1.42 bits per heavy atom. The molecule has 1 heterocycles. The van der Waals surface area contributed by atoms with E-state index in [1.807, 2.05) is 6.08 Å². The third-order valence-corrected chi connectivity index (χ3v) is 2.87. The second kappa shape index (κ2) is 5.42. The fourth-order valence-corrected chi connectivity index (χ4v) is 1.86. The van der Waals surface area contributed by atoms with Crippen molar-refractivity contribution in [2.45, 2.75) is 20.3 Å². The van der Waals surface area contributed by atoms with Gasteiger partial charge in [0.1, 0.15) is 0 Å². The van der Waals surface area contributed by atoms with Gasteiger partial charge in [-0.25, -0.2) is 4.99 Å². The lowest BCUT2D eigenvalue weighted by Crippen LogP contribution is -1.95. The van der Waals surface area contributed by atoms with E-state index < -0.39 is 0 Å². The van der Waals surface area contributed by atoms with Crippen LogP contribution in [0, 0.1) is 24.0 Å². The van der Waals surface area contributed by atoms with Gasteiger partial charge in [0.25, 0.3) is 5.69 Å². The molecule has 0 aliphatic carbocycles. The molecule has 0 saturated heterocycles. The van der Waals surface area contributed by atoms with Crippen molar-refractivity contribution >= 4 is 23.5 Å². The van der Waals surface area contributed by atoms with Gasteiger partial charge < -0.3 is 0 Å². The summed E-state index contributed by atoms with van der Waals surface area (Å²) in [5.41, 5.74) is 2.72. The number of allylic oxidation sites excluding steroid dienone is 2. The molecule has 0 aromatic heterocycles. The summed E-state index contributed by atoms with van der Waals surface area (Å²) in [5.74, 6) is 2.88. The van der Waals surface area contributed by atoms with E-state index in [1.165, 1.54) is 0 Å². The average Bonchev–Trinajstić information content (AvgIpc) is 2.38. The summed E-state index contributed by atoms with van der Waals surface area (Å²) >= 11 is 0. The molecule has 0 spiro atoms. The molecule has 0 radical (unpaired) electrons. The first-order valence-corrected chi connectivity index (χ1v) is 5.85. The molecule has 1 aromatic carbocycles. The van der Waals surface area contributed by atoms with Crippen molar-refractivity contribution in [3.8, 4) is 0 Å². The summed E-state index contributed by atoms with van der Waals surface area (Å²) in [6.45, 7) is 3.42. The number of rotatable bonds is 2. The Morgan fingerprint density at radius 3 is 2.84 bits per heavy atom. The topological polar surface area (TPSA) is 67.9 Å². The smallest absolute Gasteiger partial charge is 0.264 e. The quantitative estimate of drug-likeness (QED) is 0.461. The first-order chi connectivity index (χ1) is 9.09. The van der Waals surface area contributed by atoms with Gasteiger partial charge in [0.15, 0.2) is 0 Å². The van der Waals surface area contributed by atoms with Gasteiger partial charge in [-0.05, 0) is 25.8 Å². The van der Waals surface area contributed by atoms with Gasteiger partial charge in [-0.3, -0.25) is 15.1 Å². The number of nitro benzene ring substituents is 1. The van der Waals surface area contributed by atoms with Gasteiger partial charge in [-0.2, -0.15) is 0 Å². The van der Waals surface area contributed by atoms with Crippen LogP contribution in [0.15, 0.2) is 40.0 Å². The fourth-order valence-electron chi connectivity index (χ4n) is 1.86. The lowest BCUT2D eigenvalue weighted by molar-refractivity contribution is -0.386. The van der Waals surface area contributed by atoms with Crippen LogP contribution in [0.1, 0.15) is 17.5 Å². The van der Waals surface area contributed by atoms with Gasteiger partial charge in [0, 0.05) is 30.0 Å². The Bertz CT molecular complexity index is 651. The maximum absolute atomic E-state index is 11.0. The Morgan fingerprint density at radius 2 is 2.21 bits per heavy atom. The third-order valence-electron chi connectivity index (χ3n) is 2.87. The van der Waals surface area contributed by atoms with Crippen LogP contribution >= 0.6 is 0 Å². The second-order valence-corrected chi connectivity index (χ2v) is 4.25. The molecule has 1 aliphatic rings. The van der Waals surface area contributed by atoms with E-state index in [0.29, 0.717) is 16.8 Å². The number of hydrogen-bond donors (Lipinski definition) is 0. The van der Waals surface area contributed by atoms with Crippen molar-refractivity contribution in [3.63, 3.8) is 0 Å². The van der Waals surface area contributed by atoms with Gasteiger partial charge >= 0.3 is 0 Å². The largest absolute Gasteiger partial charge is 0.277 e. The molecule has 19 heavy (non-hydrogen) atoms. The van der Waals surface area contributed by atoms with Crippen molar-refractivity contribution < 1.29 is 4.92 Å². The molecule has 0 unspecified atom stereocenters. The Hall–Kier alpha value is -2.52. The van der Waals surface area contributed by atoms with E-state index in [2.05, 4.69) is 15.9 Å². The average molecular weight is 255 g/mol. The van der Waals surface area contributed by atoms with Crippen LogP contribution in [0.4, 0.5) is 11.4 Å². The molecule has 0 fully saturated rings. The van der Waals surface area contributed by atoms with E-state index in [4.69, 9.17) is 0 Å². The Kier molecular flexibility index (Phi) is 3.68. The summed E-state index contributed by atoms with van der Waals surface area (Å²) in [6, 6.07) is 3.46. The van der Waals surface area contributed by atoms with Gasteiger partial charge in [-0.15, -0.1) is 0 Å². The maximum Gasteiger partial charge on any atom is 0.277 e. The predicted molar refractivity (Wildman–Crippen MR) is 75.4 cm³/mol. The van der Waals surface area contributed by atoms with Crippen LogP contribution in [0.5, 0.6) is 0 Å². The van der Waals surface area contributed by atoms with Gasteiger partial charge in [0.2, 0.25) is 0 Å². The molecule has 0 amide bonds. The number of hydrogen-bond acceptors (Lipinski definition) is 4. The molecule has 2 rings (SSSR count). The molecule has 0 N–H and O–H groups in total. The number of aryl methyl sites for hydroxylation is 1. The summed E-state index contributed by atoms with van der Waals surface area (Å²) in [6.07, 6.45) is 6.02. The predicted octanol–water partition coefficient (Wildman–Crippen LogP) is 3.43. The molecule has 1 aliphatic heterocycles. The minimum atomic E-state index is -0.373. The summed E-state index contributed by atoms with van der Waals surface area (Å²) in [4.78, 5) is 18.8. The number of nitro groups is 1. The van der Waals surface area contributed by atoms with Crippen molar-refractivity contribution in [1.29, 1.82) is 0 Å². The Labute approximate surface area is 110 Å². The molecule has 0 saturated carbocycles. The second-order valence-electron chi connectivity index (χ2n) is 4.25. The number of nitrogens with zero attached hydrogens (tertiary/aromatic N) is 3. The molecular weight excluding hydrogens is 242 g/mol. The van der Waals surface area contributed by atoms with Crippen LogP contribution in [0.25, 0.3) is 0 Å². The van der Waals surface area contributed by atoms with Gasteiger partial charge in [-0.1, -0.05) is 12.1 Å². The molecular formula is C14H13N3O2. The molecule has 5 nitrogen and oxygen atoms in total. The van der Waals surface area contributed by atoms with Crippen LogP contribution in [0.3, 0.4) is 0 Å². The lowest BCUT2D eigenvalue weighted by atomic mass is 10.1. The fraction of sp³-hybridized carbons (Fsp3) is 0.214. The van der Waals surface area contributed by atoms with Gasteiger partial charge in [0.05, 0.1) is 16.2 Å². The highest BCUT2D eigenvalue weighted by Crippen LogP contribution is 2.30. The first-order valence-electron chi connectivity index (χ1n) is 5.85. The highest BCUT2D eigenvalue weighted by atomic mass is 16.6. The molecule has 0 bridgehead atoms. The minimum Gasteiger partial charge on any atom is -0.264 e. The van der Waals surface area contributed by atoms with E-state index >= 15 is 0 Å². The Balaban J connectivity index is 2.45. The zero-order chi connectivity index (χ0) is 13.8. The zero-order valence-electron chi connectivity index (χ0n) is 10.8. The summed E-state index contributed by atoms with van der Waals surface area (Å²) < 4.78 is 0. The van der Waals surface area contributed by atoms with Crippen LogP contribution in [0.2, 0.25) is 0 Å². The normalized spacial score (nSPS) is 13.3. The highest BCUT2D eigenvalue weighted by molar-refractivity contribution is 5.92. The summed E-state index contributed by atoms with van der Waals surface area (Å²) in [5, 5.41) is 11.0. The monoisotopic (exact) mass is 255 g/mol. The SMILES string of the molecule is Cc1ccc(N=C=C2C=NC=CC2)c(C)c1[N+](=O)[O-]. The lowest BCUT2D eigenvalue weighted by Gasteiger charge is -2.03. The first kappa shape index (κ1) is 12.9.